The number of hydrogen-bond acceptors (Lipinski definition) is 3. The third-order valence-corrected chi connectivity index (χ3v) is 4.64. The molecule has 0 bridgehead atoms. The summed E-state index contributed by atoms with van der Waals surface area (Å²) in [7, 11) is 0. The molecule has 0 aromatic rings. The van der Waals surface area contributed by atoms with Crippen LogP contribution < -0.4 is 0 Å². The molecule has 1 saturated heterocycles. The van der Waals surface area contributed by atoms with E-state index in [1.54, 1.807) is 11.8 Å². The summed E-state index contributed by atoms with van der Waals surface area (Å²) in [5.74, 6) is -0.529. The van der Waals surface area contributed by atoms with E-state index in [9.17, 15) is 14.7 Å². The Balaban J connectivity index is 1.99. The highest BCUT2D eigenvalue weighted by Crippen LogP contribution is 2.42. The Morgan fingerprint density at radius 2 is 2.15 bits per heavy atom. The number of carboxylic acid groups (broad SMARTS) is 1. The monoisotopic (exact) mass is 283 g/mol. The van der Waals surface area contributed by atoms with Gasteiger partial charge in [-0.1, -0.05) is 19.8 Å². The number of unbranched alkanes of at least 4 members (excludes halogenated alkanes) is 1. The lowest BCUT2D eigenvalue weighted by Crippen LogP contribution is -2.47. The van der Waals surface area contributed by atoms with Gasteiger partial charge in [-0.3, -0.25) is 4.79 Å². The van der Waals surface area contributed by atoms with Crippen molar-refractivity contribution in [2.45, 2.75) is 58.1 Å². The lowest BCUT2D eigenvalue weighted by atomic mass is 9.94. The van der Waals surface area contributed by atoms with E-state index in [2.05, 4.69) is 6.92 Å². The van der Waals surface area contributed by atoms with Crippen molar-refractivity contribution in [3.05, 3.63) is 0 Å². The Kier molecular flexibility index (Phi) is 5.02. The molecule has 0 aromatic carbocycles. The summed E-state index contributed by atoms with van der Waals surface area (Å²) in [6.07, 6.45) is 4.46. The van der Waals surface area contributed by atoms with Gasteiger partial charge in [0.15, 0.2) is 0 Å². The molecule has 20 heavy (non-hydrogen) atoms. The minimum absolute atomic E-state index is 0.138. The molecule has 2 rings (SSSR count). The van der Waals surface area contributed by atoms with Crippen molar-refractivity contribution in [2.24, 2.45) is 11.8 Å². The van der Waals surface area contributed by atoms with E-state index in [-0.39, 0.29) is 11.8 Å². The number of carbonyl (C=O) groups excluding carboxylic acids is 1. The zero-order valence-corrected chi connectivity index (χ0v) is 12.4. The van der Waals surface area contributed by atoms with Crippen LogP contribution in [0, 0.1) is 11.8 Å². The lowest BCUT2D eigenvalue weighted by molar-refractivity contribution is -0.154. The van der Waals surface area contributed by atoms with Gasteiger partial charge >= 0.3 is 5.97 Å². The first-order valence-corrected chi connectivity index (χ1v) is 7.71. The van der Waals surface area contributed by atoms with E-state index in [0.29, 0.717) is 19.1 Å². The molecule has 4 atom stereocenters. The Morgan fingerprint density at radius 3 is 2.80 bits per heavy atom. The van der Waals surface area contributed by atoms with Gasteiger partial charge in [0, 0.05) is 13.2 Å². The number of rotatable bonds is 6. The maximum Gasteiger partial charge on any atom is 0.326 e. The summed E-state index contributed by atoms with van der Waals surface area (Å²) in [5, 5.41) is 9.44. The van der Waals surface area contributed by atoms with E-state index >= 15 is 0 Å². The summed E-state index contributed by atoms with van der Waals surface area (Å²) in [6, 6.07) is -0.646. The molecule has 4 unspecified atom stereocenters. The van der Waals surface area contributed by atoms with Gasteiger partial charge in [0.1, 0.15) is 12.1 Å². The molecule has 1 aliphatic heterocycles. The molecular formula is C15H25NO4. The van der Waals surface area contributed by atoms with Crippen LogP contribution in [0.25, 0.3) is 0 Å². The third-order valence-electron chi connectivity index (χ3n) is 4.64. The number of carboxylic acids is 1. The van der Waals surface area contributed by atoms with Crippen LogP contribution in [-0.2, 0) is 14.3 Å². The molecule has 0 spiro atoms. The van der Waals surface area contributed by atoms with Crippen molar-refractivity contribution >= 4 is 11.9 Å². The average molecular weight is 283 g/mol. The highest BCUT2D eigenvalue weighted by molar-refractivity contribution is 5.87. The van der Waals surface area contributed by atoms with Gasteiger partial charge < -0.3 is 14.7 Å². The van der Waals surface area contributed by atoms with Crippen LogP contribution in [0.4, 0.5) is 0 Å². The molecule has 1 amide bonds. The molecule has 0 aromatic heterocycles. The number of ether oxygens (including phenoxy) is 1. The number of amides is 1. The Labute approximate surface area is 120 Å². The third kappa shape index (κ3) is 2.97. The molecule has 1 saturated carbocycles. The standard InChI is InChI=1S/C15H25NO4/c1-3-4-8-20-10(2)14(17)16-9-11-6-5-7-12(11)13(16)15(18)19/h10-13H,3-9H2,1-2H3,(H,18,19). The topological polar surface area (TPSA) is 66.8 Å². The molecule has 5 heteroatoms. The first-order chi connectivity index (χ1) is 9.56. The smallest absolute Gasteiger partial charge is 0.326 e. The summed E-state index contributed by atoms with van der Waals surface area (Å²) in [4.78, 5) is 25.5. The normalized spacial score (nSPS) is 30.3. The van der Waals surface area contributed by atoms with Crippen molar-refractivity contribution in [1.82, 2.24) is 4.90 Å². The molecule has 0 radical (unpaired) electrons. The van der Waals surface area contributed by atoms with Gasteiger partial charge in [-0.15, -0.1) is 0 Å². The van der Waals surface area contributed by atoms with Gasteiger partial charge in [-0.2, -0.15) is 0 Å². The first-order valence-electron chi connectivity index (χ1n) is 7.71. The summed E-state index contributed by atoms with van der Waals surface area (Å²) in [6.45, 7) is 4.94. The Morgan fingerprint density at radius 1 is 1.40 bits per heavy atom. The number of likely N-dealkylation sites (tertiary alicyclic amines) is 1. The maximum atomic E-state index is 12.4. The molecular weight excluding hydrogens is 258 g/mol. The van der Waals surface area contributed by atoms with Crippen LogP contribution in [0.2, 0.25) is 0 Å². The van der Waals surface area contributed by atoms with Crippen LogP contribution in [0.15, 0.2) is 0 Å². The van der Waals surface area contributed by atoms with E-state index < -0.39 is 18.1 Å². The molecule has 1 N–H and O–H groups in total. The SMILES string of the molecule is CCCCOC(C)C(=O)N1CC2CCCC2C1C(=O)O. The van der Waals surface area contributed by atoms with Gasteiger partial charge in [0.05, 0.1) is 0 Å². The van der Waals surface area contributed by atoms with Crippen LogP contribution in [0.5, 0.6) is 0 Å². The zero-order valence-electron chi connectivity index (χ0n) is 12.4. The van der Waals surface area contributed by atoms with Gasteiger partial charge in [-0.25, -0.2) is 4.79 Å². The van der Waals surface area contributed by atoms with Crippen LogP contribution in [-0.4, -0.2) is 47.2 Å². The minimum atomic E-state index is -0.867. The molecule has 2 aliphatic rings. The van der Waals surface area contributed by atoms with Crippen molar-refractivity contribution in [1.29, 1.82) is 0 Å². The molecule has 114 valence electrons. The van der Waals surface area contributed by atoms with Crippen LogP contribution in [0.3, 0.4) is 0 Å². The van der Waals surface area contributed by atoms with Crippen molar-refractivity contribution in [3.8, 4) is 0 Å². The average Bonchev–Trinajstić information content (AvgIpc) is 2.97. The summed E-state index contributed by atoms with van der Waals surface area (Å²) < 4.78 is 5.52. The minimum Gasteiger partial charge on any atom is -0.480 e. The second kappa shape index (κ2) is 6.57. The largest absolute Gasteiger partial charge is 0.480 e. The first kappa shape index (κ1) is 15.3. The van der Waals surface area contributed by atoms with E-state index in [4.69, 9.17) is 4.74 Å². The molecule has 1 heterocycles. The van der Waals surface area contributed by atoms with E-state index in [1.807, 2.05) is 0 Å². The van der Waals surface area contributed by atoms with E-state index in [0.717, 1.165) is 32.1 Å². The second-order valence-corrected chi connectivity index (χ2v) is 6.00. The maximum absolute atomic E-state index is 12.4. The predicted molar refractivity (Wildman–Crippen MR) is 74.3 cm³/mol. The van der Waals surface area contributed by atoms with E-state index in [1.165, 1.54) is 0 Å². The highest BCUT2D eigenvalue weighted by Gasteiger charge is 2.50. The zero-order chi connectivity index (χ0) is 14.7. The van der Waals surface area contributed by atoms with Crippen molar-refractivity contribution in [3.63, 3.8) is 0 Å². The number of fused-ring (bicyclic) bond motifs is 1. The van der Waals surface area contributed by atoms with Crippen molar-refractivity contribution < 1.29 is 19.4 Å². The number of nitrogens with zero attached hydrogens (tertiary/aromatic N) is 1. The summed E-state index contributed by atoms with van der Waals surface area (Å²) in [5.41, 5.74) is 0. The van der Waals surface area contributed by atoms with Gasteiger partial charge in [0.25, 0.3) is 5.91 Å². The molecule has 1 aliphatic carbocycles. The highest BCUT2D eigenvalue weighted by atomic mass is 16.5. The number of aliphatic carboxylic acids is 1. The number of carbonyl (C=O) groups is 2. The lowest BCUT2D eigenvalue weighted by Gasteiger charge is -2.27. The fourth-order valence-corrected chi connectivity index (χ4v) is 3.56. The molecule has 5 nitrogen and oxygen atoms in total. The quantitative estimate of drug-likeness (QED) is 0.756. The van der Waals surface area contributed by atoms with Crippen LogP contribution in [0.1, 0.15) is 46.0 Å². The predicted octanol–water partition coefficient (Wildman–Crippen LogP) is 1.90. The van der Waals surface area contributed by atoms with Crippen LogP contribution >= 0.6 is 0 Å². The van der Waals surface area contributed by atoms with Crippen molar-refractivity contribution in [2.75, 3.05) is 13.2 Å². The van der Waals surface area contributed by atoms with Gasteiger partial charge in [0.2, 0.25) is 0 Å². The Bertz CT molecular complexity index is 371. The Hall–Kier alpha value is -1.10. The summed E-state index contributed by atoms with van der Waals surface area (Å²) >= 11 is 0. The fourth-order valence-electron chi connectivity index (χ4n) is 3.56. The van der Waals surface area contributed by atoms with Gasteiger partial charge in [-0.05, 0) is 38.0 Å². The molecule has 2 fully saturated rings. The fraction of sp³-hybridized carbons (Fsp3) is 0.867. The second-order valence-electron chi connectivity index (χ2n) is 6.00. The number of hydrogen-bond donors (Lipinski definition) is 1.